The Morgan fingerprint density at radius 1 is 0.968 bits per heavy atom. The number of carbonyl (C=O) groups excluding carboxylic acids is 2. The zero-order valence-electron chi connectivity index (χ0n) is 16.7. The molecule has 2 aromatic carbocycles. The lowest BCUT2D eigenvalue weighted by Crippen LogP contribution is -2.16. The third kappa shape index (κ3) is 5.63. The number of nitrogens with zero attached hydrogens (tertiary/aromatic N) is 5. The Hall–Kier alpha value is -4.27. The van der Waals surface area contributed by atoms with Crippen molar-refractivity contribution in [1.29, 1.82) is 0 Å². The van der Waals surface area contributed by atoms with Crippen LogP contribution in [-0.2, 0) is 17.9 Å². The molecule has 9 heteroatoms. The van der Waals surface area contributed by atoms with Crippen molar-refractivity contribution in [3.05, 3.63) is 90.8 Å². The molecule has 0 aliphatic rings. The van der Waals surface area contributed by atoms with Gasteiger partial charge in [0.25, 0.3) is 5.91 Å². The quantitative estimate of drug-likeness (QED) is 0.460. The van der Waals surface area contributed by atoms with E-state index in [1.807, 2.05) is 34.9 Å². The molecule has 2 N–H and O–H groups in total. The summed E-state index contributed by atoms with van der Waals surface area (Å²) in [5.41, 5.74) is 2.03. The summed E-state index contributed by atoms with van der Waals surface area (Å²) in [6.07, 6.45) is 7.00. The fraction of sp³-hybridized carbons (Fsp3) is 0.136. The van der Waals surface area contributed by atoms with E-state index in [0.717, 1.165) is 5.56 Å². The molecule has 4 aromatic rings. The summed E-state index contributed by atoms with van der Waals surface area (Å²) < 4.78 is 3.48. The first-order valence-electron chi connectivity index (χ1n) is 9.76. The number of anilines is 2. The highest BCUT2D eigenvalue weighted by Gasteiger charge is 2.11. The number of rotatable bonds is 8. The monoisotopic (exact) mass is 415 g/mol. The van der Waals surface area contributed by atoms with Gasteiger partial charge in [0.05, 0.1) is 12.9 Å². The molecule has 0 atom stereocenters. The van der Waals surface area contributed by atoms with Crippen LogP contribution in [0.4, 0.5) is 11.6 Å². The summed E-state index contributed by atoms with van der Waals surface area (Å²) in [5, 5.41) is 9.78. The number of imidazole rings is 1. The molecule has 2 aromatic heterocycles. The molecule has 0 saturated heterocycles. The van der Waals surface area contributed by atoms with Crippen molar-refractivity contribution in [2.24, 2.45) is 0 Å². The molecule has 0 radical (unpaired) electrons. The zero-order chi connectivity index (χ0) is 21.5. The Balaban J connectivity index is 1.33. The molecule has 0 aliphatic carbocycles. The molecule has 0 unspecified atom stereocenters. The predicted molar refractivity (Wildman–Crippen MR) is 115 cm³/mol. The summed E-state index contributed by atoms with van der Waals surface area (Å²) in [6.45, 7) is 1.09. The van der Waals surface area contributed by atoms with Crippen molar-refractivity contribution < 1.29 is 9.59 Å². The lowest BCUT2D eigenvalue weighted by Gasteiger charge is -2.08. The van der Waals surface area contributed by atoms with Crippen molar-refractivity contribution in [3.8, 4) is 0 Å². The molecule has 0 fully saturated rings. The zero-order valence-corrected chi connectivity index (χ0v) is 16.7. The minimum Gasteiger partial charge on any atom is -0.337 e. The molecule has 2 amide bonds. The summed E-state index contributed by atoms with van der Waals surface area (Å²) in [4.78, 5) is 32.8. The van der Waals surface area contributed by atoms with Crippen LogP contribution < -0.4 is 10.6 Å². The van der Waals surface area contributed by atoms with Gasteiger partial charge in [-0.1, -0.05) is 36.4 Å². The van der Waals surface area contributed by atoms with Gasteiger partial charge in [-0.2, -0.15) is 0 Å². The minimum absolute atomic E-state index is 0.146. The first-order valence-corrected chi connectivity index (χ1v) is 9.76. The van der Waals surface area contributed by atoms with Crippen molar-refractivity contribution in [2.45, 2.75) is 19.5 Å². The second kappa shape index (κ2) is 9.49. The Labute approximate surface area is 178 Å². The molecule has 9 nitrogen and oxygen atoms in total. The fourth-order valence-electron chi connectivity index (χ4n) is 2.98. The highest BCUT2D eigenvalue weighted by Crippen LogP contribution is 2.13. The number of hydrogen-bond donors (Lipinski definition) is 2. The first kappa shape index (κ1) is 20.0. The molecule has 0 saturated carbocycles. The van der Waals surface area contributed by atoms with Crippen molar-refractivity contribution in [3.63, 3.8) is 0 Å². The molecule has 4 rings (SSSR count). The van der Waals surface area contributed by atoms with Crippen LogP contribution in [0, 0.1) is 0 Å². The summed E-state index contributed by atoms with van der Waals surface area (Å²) >= 11 is 0. The molecular formula is C22H21N7O2. The van der Waals surface area contributed by atoms with Crippen molar-refractivity contribution in [1.82, 2.24) is 24.3 Å². The maximum absolute atomic E-state index is 12.6. The molecule has 156 valence electrons. The number of nitrogens with one attached hydrogen (secondary N) is 2. The molecule has 0 spiro atoms. The van der Waals surface area contributed by atoms with Gasteiger partial charge < -0.3 is 9.88 Å². The van der Waals surface area contributed by atoms with Crippen molar-refractivity contribution >= 4 is 23.5 Å². The van der Waals surface area contributed by atoms with Crippen LogP contribution >= 0.6 is 0 Å². The van der Waals surface area contributed by atoms with Crippen molar-refractivity contribution in [2.75, 3.05) is 10.6 Å². The van der Waals surface area contributed by atoms with Crippen LogP contribution in [0.1, 0.15) is 22.3 Å². The smallest absolute Gasteiger partial charge is 0.258 e. The van der Waals surface area contributed by atoms with Gasteiger partial charge in [-0.15, -0.1) is 5.10 Å². The Bertz CT molecular complexity index is 1150. The van der Waals surface area contributed by atoms with Gasteiger partial charge in [0.15, 0.2) is 0 Å². The van der Waals surface area contributed by atoms with Crippen LogP contribution in [-0.4, -0.2) is 36.1 Å². The topological polar surface area (TPSA) is 107 Å². The van der Waals surface area contributed by atoms with E-state index in [1.165, 1.54) is 0 Å². The van der Waals surface area contributed by atoms with Gasteiger partial charge in [0.1, 0.15) is 6.33 Å². The van der Waals surface area contributed by atoms with E-state index in [2.05, 4.69) is 25.7 Å². The summed E-state index contributed by atoms with van der Waals surface area (Å²) in [5.74, 6) is -0.282. The van der Waals surface area contributed by atoms with Crippen LogP contribution in [0.25, 0.3) is 0 Å². The number of amides is 2. The van der Waals surface area contributed by atoms with Gasteiger partial charge in [-0.25, -0.2) is 14.6 Å². The highest BCUT2D eigenvalue weighted by atomic mass is 16.2. The van der Waals surface area contributed by atoms with Gasteiger partial charge in [-0.05, 0) is 23.8 Å². The first-order chi connectivity index (χ1) is 15.2. The van der Waals surface area contributed by atoms with Crippen LogP contribution in [0.5, 0.6) is 0 Å². The molecule has 0 bridgehead atoms. The largest absolute Gasteiger partial charge is 0.337 e. The van der Waals surface area contributed by atoms with Gasteiger partial charge in [-0.3, -0.25) is 14.9 Å². The Morgan fingerprint density at radius 3 is 2.65 bits per heavy atom. The van der Waals surface area contributed by atoms with E-state index in [0.29, 0.717) is 30.8 Å². The molecule has 31 heavy (non-hydrogen) atoms. The second-order valence-electron chi connectivity index (χ2n) is 6.88. The van der Waals surface area contributed by atoms with Gasteiger partial charge in [0.2, 0.25) is 11.9 Å². The van der Waals surface area contributed by atoms with Gasteiger partial charge >= 0.3 is 0 Å². The third-order valence-electron chi connectivity index (χ3n) is 4.51. The van der Waals surface area contributed by atoms with E-state index in [-0.39, 0.29) is 17.8 Å². The lowest BCUT2D eigenvalue weighted by atomic mass is 10.2. The number of benzene rings is 2. The average molecular weight is 415 g/mol. The number of carbonyl (C=O) groups is 2. The fourth-order valence-corrected chi connectivity index (χ4v) is 2.98. The van der Waals surface area contributed by atoms with Crippen LogP contribution in [0.15, 0.2) is 79.6 Å². The third-order valence-corrected chi connectivity index (χ3v) is 4.51. The Kier molecular flexibility index (Phi) is 6.13. The van der Waals surface area contributed by atoms with E-state index >= 15 is 0 Å². The van der Waals surface area contributed by atoms with Gasteiger partial charge in [0, 0.05) is 36.6 Å². The van der Waals surface area contributed by atoms with E-state index < -0.39 is 0 Å². The Morgan fingerprint density at radius 2 is 1.84 bits per heavy atom. The summed E-state index contributed by atoms with van der Waals surface area (Å²) in [6, 6.07) is 16.6. The second-order valence-corrected chi connectivity index (χ2v) is 6.88. The maximum Gasteiger partial charge on any atom is 0.258 e. The van der Waals surface area contributed by atoms with E-state index in [4.69, 9.17) is 0 Å². The van der Waals surface area contributed by atoms with E-state index in [9.17, 15) is 9.59 Å². The van der Waals surface area contributed by atoms with Crippen LogP contribution in [0.3, 0.4) is 0 Å². The molecule has 0 aliphatic heterocycles. The average Bonchev–Trinajstić information content (AvgIpc) is 3.45. The summed E-state index contributed by atoms with van der Waals surface area (Å²) in [7, 11) is 0. The number of hydrogen-bond acceptors (Lipinski definition) is 5. The predicted octanol–water partition coefficient (Wildman–Crippen LogP) is 2.80. The number of aryl methyl sites for hydroxylation is 1. The van der Waals surface area contributed by atoms with Crippen LogP contribution in [0.2, 0.25) is 0 Å². The SMILES string of the molecule is O=C(CCn1ccnc1)Nc1cccc(C(=O)Nc2ncn(Cc3ccccc3)n2)c1. The maximum atomic E-state index is 12.6. The normalized spacial score (nSPS) is 10.6. The molecular weight excluding hydrogens is 394 g/mol. The minimum atomic E-state index is -0.355. The highest BCUT2D eigenvalue weighted by molar-refractivity contribution is 6.04. The molecule has 2 heterocycles. The van der Waals surface area contributed by atoms with E-state index in [1.54, 1.807) is 54.0 Å². The standard InChI is InChI=1S/C22H21N7O2/c30-20(9-11-28-12-10-23-15-28)25-19-8-4-7-18(13-19)21(31)26-22-24-16-29(27-22)14-17-5-2-1-3-6-17/h1-8,10,12-13,15-16H,9,11,14H2,(H,25,30)(H,26,27,31). The number of aromatic nitrogens is 5. The lowest BCUT2D eigenvalue weighted by molar-refractivity contribution is -0.116.